The number of hydrogen-bond donors (Lipinski definition) is 0. The molecule has 154 valence electrons. The van der Waals surface area contributed by atoms with Crippen LogP contribution in [-0.2, 0) is 25.9 Å². The summed E-state index contributed by atoms with van der Waals surface area (Å²) in [6.45, 7) is 11.8. The number of halogens is 3. The average molecular weight is 484 g/mol. The summed E-state index contributed by atoms with van der Waals surface area (Å²) in [4.78, 5) is 0. The first-order valence-corrected chi connectivity index (χ1v) is 10.3. The molecule has 1 aliphatic carbocycles. The van der Waals surface area contributed by atoms with E-state index in [1.54, 1.807) is 0 Å². The van der Waals surface area contributed by atoms with Gasteiger partial charge in [0.05, 0.1) is 0 Å². The molecule has 29 heavy (non-hydrogen) atoms. The van der Waals surface area contributed by atoms with E-state index in [-0.39, 0.29) is 51.8 Å². The van der Waals surface area contributed by atoms with Crippen LogP contribution >= 0.6 is 0 Å². The standard InChI is InChI=1S/C25H29.3ClH.Ti/c1-19(2)22-17-12-18-23(22)25(24(3,4)5,20-13-8-6-9-14-20)21-15-10-7-11-16-21;;;;/h6-19H,1-5H3;3*1H;/q;;;;+3/p-3. The van der Waals surface area contributed by atoms with Crippen molar-refractivity contribution in [3.8, 4) is 0 Å². The van der Waals surface area contributed by atoms with Gasteiger partial charge in [0.25, 0.3) is 0 Å². The van der Waals surface area contributed by atoms with Crippen molar-refractivity contribution in [1.29, 1.82) is 0 Å². The normalized spacial score (nSPS) is 18.4. The molecule has 1 atom stereocenters. The smallest absolute Gasteiger partial charge is 1.00 e. The summed E-state index contributed by atoms with van der Waals surface area (Å²) >= 11 is 2.44. The van der Waals surface area contributed by atoms with Gasteiger partial charge in [-0.2, -0.15) is 0 Å². The molecule has 0 amide bonds. The molecule has 0 bridgehead atoms. The van der Waals surface area contributed by atoms with Crippen molar-refractivity contribution in [1.82, 2.24) is 0 Å². The minimum Gasteiger partial charge on any atom is -1.00 e. The molecule has 0 saturated carbocycles. The Morgan fingerprint density at radius 3 is 1.52 bits per heavy atom. The van der Waals surface area contributed by atoms with E-state index < -0.39 is 0 Å². The van der Waals surface area contributed by atoms with Crippen molar-refractivity contribution in [2.75, 3.05) is 0 Å². The van der Waals surface area contributed by atoms with Gasteiger partial charge in [-0.25, -0.2) is 0 Å². The summed E-state index contributed by atoms with van der Waals surface area (Å²) in [5, 5.41) is 0. The quantitative estimate of drug-likeness (QED) is 0.437. The van der Waals surface area contributed by atoms with Crippen molar-refractivity contribution in [3.63, 3.8) is 0 Å². The molecule has 2 aromatic carbocycles. The van der Waals surface area contributed by atoms with Crippen LogP contribution in [0.1, 0.15) is 45.7 Å². The molecule has 0 aliphatic heterocycles. The van der Waals surface area contributed by atoms with E-state index in [2.05, 4.69) is 134 Å². The number of allylic oxidation sites excluding steroid dienone is 4. The Kier molecular flexibility index (Phi) is 10.5. The summed E-state index contributed by atoms with van der Waals surface area (Å²) in [6, 6.07) is 22.2. The fourth-order valence-corrected chi connectivity index (χ4v) is 6.74. The minimum absolute atomic E-state index is 0. The van der Waals surface area contributed by atoms with Gasteiger partial charge >= 0.3 is 171 Å². The Hall–Kier alpha value is -0.496. The predicted octanol–water partition coefficient (Wildman–Crippen LogP) is -2.11. The molecule has 1 unspecified atom stereocenters. The number of rotatable bonds is 4. The number of hydrogen-bond acceptors (Lipinski definition) is 0. The molecule has 0 nitrogen and oxygen atoms in total. The van der Waals surface area contributed by atoms with Gasteiger partial charge in [0.1, 0.15) is 0 Å². The molecule has 4 heteroatoms. The molecule has 0 fully saturated rings. The molecule has 3 rings (SSSR count). The summed E-state index contributed by atoms with van der Waals surface area (Å²) < 4.78 is -0.0812. The first-order chi connectivity index (χ1) is 12.2. The zero-order valence-corrected chi connectivity index (χ0v) is 21.5. The van der Waals surface area contributed by atoms with E-state index >= 15 is 0 Å². The third-order valence-corrected chi connectivity index (χ3v) is 7.13. The molecule has 0 spiro atoms. The van der Waals surface area contributed by atoms with Gasteiger partial charge in [-0.3, -0.25) is 0 Å². The molecule has 0 heterocycles. The molecule has 2 aromatic rings. The Balaban J connectivity index is 0.00000261. The Labute approximate surface area is 207 Å². The maximum atomic E-state index is 2.44. The summed E-state index contributed by atoms with van der Waals surface area (Å²) in [5.74, 6) is 0.504. The van der Waals surface area contributed by atoms with Crippen molar-refractivity contribution >= 4 is 0 Å². The van der Waals surface area contributed by atoms with Crippen LogP contribution < -0.4 is 37.2 Å². The van der Waals surface area contributed by atoms with Crippen LogP contribution in [0.5, 0.6) is 0 Å². The second-order valence-electron chi connectivity index (χ2n) is 8.68. The largest absolute Gasteiger partial charge is 1.00 e. The van der Waals surface area contributed by atoms with E-state index in [1.807, 2.05) is 0 Å². The van der Waals surface area contributed by atoms with Crippen molar-refractivity contribution in [2.24, 2.45) is 11.3 Å². The van der Waals surface area contributed by atoms with Crippen molar-refractivity contribution < 1.29 is 57.7 Å². The predicted molar refractivity (Wildman–Crippen MR) is 108 cm³/mol. The van der Waals surface area contributed by atoms with Gasteiger partial charge in [0.2, 0.25) is 0 Å². The van der Waals surface area contributed by atoms with Gasteiger partial charge in [-0.05, 0) is 0 Å². The van der Waals surface area contributed by atoms with Gasteiger partial charge < -0.3 is 37.2 Å². The Morgan fingerprint density at radius 1 is 0.759 bits per heavy atom. The fraction of sp³-hybridized carbons (Fsp3) is 0.360. The number of benzene rings is 2. The van der Waals surface area contributed by atoms with Crippen molar-refractivity contribution in [3.05, 3.63) is 95.6 Å². The first kappa shape index (κ1) is 28.5. The first-order valence-electron chi connectivity index (χ1n) is 9.51. The zero-order chi connectivity index (χ0) is 19.0. The van der Waals surface area contributed by atoms with Crippen molar-refractivity contribution in [2.45, 2.75) is 43.8 Å². The second kappa shape index (κ2) is 10.7. The van der Waals surface area contributed by atoms with Crippen LogP contribution in [0.3, 0.4) is 0 Å². The topological polar surface area (TPSA) is 0 Å². The zero-order valence-electron chi connectivity index (χ0n) is 17.7. The maximum absolute atomic E-state index is 2.44. The molecular formula is C25H29Cl3Ti. The van der Waals surface area contributed by atoms with Gasteiger partial charge in [-0.15, -0.1) is 0 Å². The Morgan fingerprint density at radius 2 is 1.17 bits per heavy atom. The molecule has 0 aromatic heterocycles. The van der Waals surface area contributed by atoms with Gasteiger partial charge in [0.15, 0.2) is 0 Å². The third-order valence-electron chi connectivity index (χ3n) is 5.83. The van der Waals surface area contributed by atoms with Crippen LogP contribution in [0.25, 0.3) is 0 Å². The monoisotopic (exact) mass is 482 g/mol. The van der Waals surface area contributed by atoms with E-state index in [0.29, 0.717) is 5.92 Å². The molecule has 0 radical (unpaired) electrons. The molecule has 0 saturated heterocycles. The van der Waals surface area contributed by atoms with Crippen LogP contribution in [0, 0.1) is 11.3 Å². The fourth-order valence-electron chi connectivity index (χ4n) is 4.97. The molecular weight excluding hydrogens is 455 g/mol. The minimum atomic E-state index is -0.161. The van der Waals surface area contributed by atoms with Gasteiger partial charge in [-0.1, -0.05) is 0 Å². The second-order valence-corrected chi connectivity index (χ2v) is 9.91. The van der Waals surface area contributed by atoms with E-state index in [4.69, 9.17) is 0 Å². The van der Waals surface area contributed by atoms with Gasteiger partial charge in [0, 0.05) is 0 Å². The van der Waals surface area contributed by atoms with E-state index in [0.717, 1.165) is 0 Å². The van der Waals surface area contributed by atoms with E-state index in [9.17, 15) is 0 Å². The third kappa shape index (κ3) is 4.58. The maximum Gasteiger partial charge on any atom is -1.00 e. The van der Waals surface area contributed by atoms with Crippen LogP contribution in [0.4, 0.5) is 0 Å². The van der Waals surface area contributed by atoms with Crippen LogP contribution in [0.2, 0.25) is 3.72 Å². The summed E-state index contributed by atoms with van der Waals surface area (Å²) in [6.07, 6.45) is 7.05. The SMILES string of the molecule is CC(C)C1=CC=C[C]1([Ti+3])C(c1ccccc1)(c1ccccc1)C(C)(C)C.[Cl-].[Cl-].[Cl-]. The van der Waals surface area contributed by atoms with Crippen LogP contribution in [-0.4, -0.2) is 0 Å². The van der Waals surface area contributed by atoms with Crippen LogP contribution in [0.15, 0.2) is 84.5 Å². The summed E-state index contributed by atoms with van der Waals surface area (Å²) in [5.41, 5.74) is 4.15. The molecule has 1 aliphatic rings. The Bertz CT molecular complexity index is 781. The van der Waals surface area contributed by atoms with E-state index in [1.165, 1.54) is 16.7 Å². The average Bonchev–Trinajstić information content (AvgIpc) is 2.99. The molecule has 0 N–H and O–H groups in total. The summed E-state index contributed by atoms with van der Waals surface area (Å²) in [7, 11) is 0.